The molecule has 0 amide bonds. The number of sulfonamides is 2. The molecular weight excluding hydrogens is 300 g/mol. The summed E-state index contributed by atoms with van der Waals surface area (Å²) in [6.07, 6.45) is 0.432. The fourth-order valence-electron chi connectivity index (χ4n) is 1.25. The number of hydrogen-bond donors (Lipinski definition) is 2. The SMILES string of the molecule is CCCS(=O)(=O)Nc1cc(S(N)(=O)=O)ccc1Cl. The summed E-state index contributed by atoms with van der Waals surface area (Å²) in [4.78, 5) is -0.207. The fraction of sp³-hybridized carbons (Fsp3) is 0.333. The van der Waals surface area contributed by atoms with Crippen molar-refractivity contribution in [3.63, 3.8) is 0 Å². The van der Waals surface area contributed by atoms with Crippen molar-refractivity contribution in [2.75, 3.05) is 10.5 Å². The lowest BCUT2D eigenvalue weighted by atomic mass is 10.3. The van der Waals surface area contributed by atoms with Crippen LogP contribution in [-0.2, 0) is 20.0 Å². The number of rotatable bonds is 5. The van der Waals surface area contributed by atoms with Crippen molar-refractivity contribution in [1.82, 2.24) is 0 Å². The Morgan fingerprint density at radius 2 is 1.89 bits per heavy atom. The molecule has 0 radical (unpaired) electrons. The van der Waals surface area contributed by atoms with Crippen LogP contribution in [-0.4, -0.2) is 22.6 Å². The highest BCUT2D eigenvalue weighted by Crippen LogP contribution is 2.25. The molecule has 0 aliphatic carbocycles. The molecular formula is C9H13ClN2O4S2. The second-order valence-corrected chi connectivity index (χ2v) is 7.42. The van der Waals surface area contributed by atoms with E-state index in [-0.39, 0.29) is 21.4 Å². The van der Waals surface area contributed by atoms with Gasteiger partial charge in [-0.2, -0.15) is 0 Å². The number of nitrogens with one attached hydrogen (secondary N) is 1. The van der Waals surface area contributed by atoms with Gasteiger partial charge in [-0.3, -0.25) is 4.72 Å². The van der Waals surface area contributed by atoms with Crippen molar-refractivity contribution in [3.8, 4) is 0 Å². The normalized spacial score (nSPS) is 12.4. The first-order valence-corrected chi connectivity index (χ1v) is 8.56. The molecule has 1 aromatic rings. The predicted octanol–water partition coefficient (Wildman–Crippen LogP) is 1.14. The van der Waals surface area contributed by atoms with Gasteiger partial charge in [-0.25, -0.2) is 22.0 Å². The molecule has 0 aromatic heterocycles. The van der Waals surface area contributed by atoms with Gasteiger partial charge in [0, 0.05) is 0 Å². The van der Waals surface area contributed by atoms with E-state index in [1.54, 1.807) is 6.92 Å². The smallest absolute Gasteiger partial charge is 0.238 e. The zero-order valence-electron chi connectivity index (χ0n) is 9.55. The maximum atomic E-state index is 11.6. The average Bonchev–Trinajstić information content (AvgIpc) is 2.19. The molecule has 0 fully saturated rings. The standard InChI is InChI=1S/C9H13ClN2O4S2/c1-2-5-17(13,14)12-9-6-7(18(11,15)16)3-4-8(9)10/h3-4,6,12H,2,5H2,1H3,(H2,11,15,16). The molecule has 0 aliphatic heterocycles. The summed E-state index contributed by atoms with van der Waals surface area (Å²) >= 11 is 5.79. The first-order chi connectivity index (χ1) is 8.15. The van der Waals surface area contributed by atoms with Crippen molar-refractivity contribution in [1.29, 1.82) is 0 Å². The molecule has 0 saturated carbocycles. The van der Waals surface area contributed by atoms with Gasteiger partial charge in [-0.15, -0.1) is 0 Å². The van der Waals surface area contributed by atoms with E-state index >= 15 is 0 Å². The molecule has 0 bridgehead atoms. The molecule has 0 heterocycles. The third kappa shape index (κ3) is 4.13. The van der Waals surface area contributed by atoms with Gasteiger partial charge in [0.2, 0.25) is 20.0 Å². The Morgan fingerprint density at radius 1 is 1.28 bits per heavy atom. The highest BCUT2D eigenvalue weighted by atomic mass is 35.5. The van der Waals surface area contributed by atoms with Gasteiger partial charge in [-0.05, 0) is 24.6 Å². The number of nitrogens with two attached hydrogens (primary N) is 1. The van der Waals surface area contributed by atoms with Crippen LogP contribution in [0.1, 0.15) is 13.3 Å². The minimum atomic E-state index is -3.90. The molecule has 0 unspecified atom stereocenters. The van der Waals surface area contributed by atoms with Crippen molar-refractivity contribution in [2.24, 2.45) is 5.14 Å². The molecule has 0 atom stereocenters. The van der Waals surface area contributed by atoms with Gasteiger partial charge in [0.15, 0.2) is 0 Å². The third-order valence-electron chi connectivity index (χ3n) is 2.00. The maximum absolute atomic E-state index is 11.6. The largest absolute Gasteiger partial charge is 0.282 e. The highest BCUT2D eigenvalue weighted by Gasteiger charge is 2.15. The lowest BCUT2D eigenvalue weighted by Gasteiger charge is -2.10. The monoisotopic (exact) mass is 312 g/mol. The van der Waals surface area contributed by atoms with E-state index in [4.69, 9.17) is 16.7 Å². The second-order valence-electron chi connectivity index (χ2n) is 3.61. The van der Waals surface area contributed by atoms with Gasteiger partial charge < -0.3 is 0 Å². The van der Waals surface area contributed by atoms with Crippen molar-refractivity contribution in [2.45, 2.75) is 18.2 Å². The number of halogens is 1. The van der Waals surface area contributed by atoms with Crippen LogP contribution < -0.4 is 9.86 Å². The van der Waals surface area contributed by atoms with E-state index < -0.39 is 20.0 Å². The quantitative estimate of drug-likeness (QED) is 0.850. The summed E-state index contributed by atoms with van der Waals surface area (Å²) in [5.74, 6) is -0.0804. The Hall–Kier alpha value is -0.830. The van der Waals surface area contributed by atoms with Crippen molar-refractivity contribution >= 4 is 37.3 Å². The van der Waals surface area contributed by atoms with Gasteiger partial charge in [0.1, 0.15) is 0 Å². The molecule has 1 aromatic carbocycles. The molecule has 0 aliphatic rings. The van der Waals surface area contributed by atoms with Crippen LogP contribution in [0.15, 0.2) is 23.1 Å². The van der Waals surface area contributed by atoms with Gasteiger partial charge in [-0.1, -0.05) is 18.5 Å². The first-order valence-electron chi connectivity index (χ1n) is 4.98. The summed E-state index contributed by atoms with van der Waals surface area (Å²) in [5, 5.41) is 5.05. The Bertz CT molecular complexity index is 641. The Labute approximate surface area is 111 Å². The minimum Gasteiger partial charge on any atom is -0.282 e. The van der Waals surface area contributed by atoms with Gasteiger partial charge in [0.05, 0.1) is 21.4 Å². The van der Waals surface area contributed by atoms with E-state index in [1.165, 1.54) is 12.1 Å². The van der Waals surface area contributed by atoms with Crippen LogP contribution in [0.3, 0.4) is 0 Å². The average molecular weight is 313 g/mol. The molecule has 3 N–H and O–H groups in total. The number of primary sulfonamides is 1. The molecule has 0 spiro atoms. The van der Waals surface area contributed by atoms with E-state index in [1.807, 2.05) is 0 Å². The lowest BCUT2D eigenvalue weighted by molar-refractivity contribution is 0.596. The zero-order chi connectivity index (χ0) is 14.0. The minimum absolute atomic E-state index is 0.00311. The fourth-order valence-corrected chi connectivity index (χ4v) is 3.15. The van der Waals surface area contributed by atoms with Crippen LogP contribution in [0.2, 0.25) is 5.02 Å². The third-order valence-corrected chi connectivity index (χ3v) is 4.72. The molecule has 1 rings (SSSR count). The Balaban J connectivity index is 3.18. The topological polar surface area (TPSA) is 106 Å². The van der Waals surface area contributed by atoms with E-state index in [9.17, 15) is 16.8 Å². The molecule has 18 heavy (non-hydrogen) atoms. The van der Waals surface area contributed by atoms with Crippen LogP contribution in [0, 0.1) is 0 Å². The molecule has 102 valence electrons. The molecule has 0 saturated heterocycles. The first kappa shape index (κ1) is 15.2. The summed E-state index contributed by atoms with van der Waals surface area (Å²) in [6, 6.07) is 3.56. The summed E-state index contributed by atoms with van der Waals surface area (Å²) in [5.41, 5.74) is -0.00311. The maximum Gasteiger partial charge on any atom is 0.238 e. The van der Waals surface area contributed by atoms with Crippen molar-refractivity contribution in [3.05, 3.63) is 23.2 Å². The second kappa shape index (κ2) is 5.43. The number of anilines is 1. The van der Waals surface area contributed by atoms with Crippen molar-refractivity contribution < 1.29 is 16.8 Å². The number of hydrogen-bond acceptors (Lipinski definition) is 4. The van der Waals surface area contributed by atoms with E-state index in [0.29, 0.717) is 6.42 Å². The summed E-state index contributed by atoms with van der Waals surface area (Å²) in [7, 11) is -7.44. The van der Waals surface area contributed by atoms with Gasteiger partial charge in [0.25, 0.3) is 0 Å². The molecule has 9 heteroatoms. The van der Waals surface area contributed by atoms with E-state index in [2.05, 4.69) is 4.72 Å². The van der Waals surface area contributed by atoms with E-state index in [0.717, 1.165) is 6.07 Å². The van der Waals surface area contributed by atoms with Crippen LogP contribution in [0.25, 0.3) is 0 Å². The lowest BCUT2D eigenvalue weighted by Crippen LogP contribution is -2.17. The molecule has 6 nitrogen and oxygen atoms in total. The van der Waals surface area contributed by atoms with Gasteiger partial charge >= 0.3 is 0 Å². The van der Waals surface area contributed by atoms with Crippen LogP contribution in [0.5, 0.6) is 0 Å². The Morgan fingerprint density at radius 3 is 2.39 bits per heavy atom. The summed E-state index contributed by atoms with van der Waals surface area (Å²) in [6.45, 7) is 1.71. The number of benzene rings is 1. The predicted molar refractivity (Wildman–Crippen MR) is 70.5 cm³/mol. The van der Waals surface area contributed by atoms with Crippen LogP contribution in [0.4, 0.5) is 5.69 Å². The summed E-state index contributed by atoms with van der Waals surface area (Å²) < 4.78 is 47.6. The zero-order valence-corrected chi connectivity index (χ0v) is 11.9. The van der Waals surface area contributed by atoms with Crippen LogP contribution >= 0.6 is 11.6 Å². The highest BCUT2D eigenvalue weighted by molar-refractivity contribution is 7.92. The Kier molecular flexibility index (Phi) is 4.60.